The number of hydrogen-bond acceptors (Lipinski definition) is 3. The van der Waals surface area contributed by atoms with Gasteiger partial charge in [-0.25, -0.2) is 9.97 Å². The molecule has 0 aromatic carbocycles. The smallest absolute Gasteiger partial charge is 0.251 e. The first-order chi connectivity index (χ1) is 4.30. The van der Waals surface area contributed by atoms with Crippen LogP contribution in [0.2, 0.25) is 0 Å². The van der Waals surface area contributed by atoms with Crippen molar-refractivity contribution in [1.82, 2.24) is 9.97 Å². The van der Waals surface area contributed by atoms with Crippen molar-refractivity contribution in [2.75, 3.05) is 0 Å². The van der Waals surface area contributed by atoms with Crippen molar-refractivity contribution >= 4 is 30.7 Å². The molecular weight excluding hydrogens is 189 g/mol. The third-order valence-electron chi connectivity index (χ3n) is 0.845. The Balaban J connectivity index is 0. The second kappa shape index (κ2) is 5.88. The highest BCUT2D eigenvalue weighted by Crippen LogP contribution is 1.87. The molecule has 4 nitrogen and oxygen atoms in total. The van der Waals surface area contributed by atoms with Gasteiger partial charge in [0.25, 0.3) is 5.91 Å². The predicted molar refractivity (Wildman–Crippen MR) is 45.0 cm³/mol. The lowest BCUT2D eigenvalue weighted by molar-refractivity contribution is 0.0999. The monoisotopic (exact) mass is 195 g/mol. The summed E-state index contributed by atoms with van der Waals surface area (Å²) in [6, 6.07) is 0. The highest BCUT2D eigenvalue weighted by molar-refractivity contribution is 5.91. The average Bonchev–Trinajstić information content (AvgIpc) is 1.90. The Labute approximate surface area is 76.0 Å². The number of nitrogens with two attached hydrogens (primary N) is 1. The molecule has 1 amide bonds. The Hall–Kier alpha value is -0.870. The van der Waals surface area contributed by atoms with Gasteiger partial charge in [0, 0.05) is 12.4 Å². The summed E-state index contributed by atoms with van der Waals surface area (Å²) in [6.07, 6.45) is 4.08. The summed E-state index contributed by atoms with van der Waals surface area (Å²) in [5, 5.41) is 0. The summed E-state index contributed by atoms with van der Waals surface area (Å²) in [4.78, 5) is 17.5. The van der Waals surface area contributed by atoms with Crippen LogP contribution in [0.1, 0.15) is 10.4 Å². The van der Waals surface area contributed by atoms with E-state index >= 15 is 0 Å². The molecule has 0 spiro atoms. The third-order valence-corrected chi connectivity index (χ3v) is 0.845. The van der Waals surface area contributed by atoms with Crippen molar-refractivity contribution in [3.05, 3.63) is 24.3 Å². The minimum atomic E-state index is -0.504. The number of aromatic nitrogens is 2. The highest BCUT2D eigenvalue weighted by Gasteiger charge is 1.96. The van der Waals surface area contributed by atoms with E-state index in [0.29, 0.717) is 5.56 Å². The van der Waals surface area contributed by atoms with E-state index in [2.05, 4.69) is 9.97 Å². The van der Waals surface area contributed by atoms with Crippen LogP contribution in [0, 0.1) is 0 Å². The fourth-order valence-corrected chi connectivity index (χ4v) is 0.426. The van der Waals surface area contributed by atoms with Crippen LogP contribution >= 0.6 is 24.8 Å². The number of halogens is 2. The number of nitrogens with zero attached hydrogens (tertiary/aromatic N) is 2. The van der Waals surface area contributed by atoms with Crippen molar-refractivity contribution in [3.63, 3.8) is 0 Å². The van der Waals surface area contributed by atoms with E-state index in [1.807, 2.05) is 0 Å². The van der Waals surface area contributed by atoms with Crippen LogP contribution in [0.15, 0.2) is 18.7 Å². The van der Waals surface area contributed by atoms with Gasteiger partial charge in [-0.15, -0.1) is 24.8 Å². The zero-order valence-electron chi connectivity index (χ0n) is 5.43. The van der Waals surface area contributed by atoms with Crippen LogP contribution in [0.25, 0.3) is 0 Å². The van der Waals surface area contributed by atoms with Gasteiger partial charge in [-0.3, -0.25) is 4.79 Å². The molecule has 11 heavy (non-hydrogen) atoms. The standard InChI is InChI=1S/C5H5N3O.2ClH/c6-5(9)4-1-7-3-8-2-4;;/h1-3H,(H2,6,9);2*1H. The van der Waals surface area contributed by atoms with Crippen molar-refractivity contribution in [2.24, 2.45) is 5.73 Å². The van der Waals surface area contributed by atoms with E-state index in [9.17, 15) is 4.79 Å². The van der Waals surface area contributed by atoms with Gasteiger partial charge >= 0.3 is 0 Å². The SMILES string of the molecule is Cl.Cl.NC(=O)c1cncnc1. The van der Waals surface area contributed by atoms with Crippen molar-refractivity contribution in [2.45, 2.75) is 0 Å². The zero-order valence-corrected chi connectivity index (χ0v) is 7.06. The van der Waals surface area contributed by atoms with Gasteiger partial charge in [-0.05, 0) is 0 Å². The Morgan fingerprint density at radius 2 is 1.73 bits per heavy atom. The highest BCUT2D eigenvalue weighted by atomic mass is 35.5. The molecule has 0 bridgehead atoms. The number of carbonyl (C=O) groups is 1. The van der Waals surface area contributed by atoms with E-state index in [-0.39, 0.29) is 24.8 Å². The Morgan fingerprint density at radius 1 is 1.27 bits per heavy atom. The van der Waals surface area contributed by atoms with Gasteiger partial charge in [0.2, 0.25) is 0 Å². The van der Waals surface area contributed by atoms with Crippen molar-refractivity contribution in [1.29, 1.82) is 0 Å². The first kappa shape index (κ1) is 12.8. The van der Waals surface area contributed by atoms with E-state index in [1.165, 1.54) is 18.7 Å². The maximum atomic E-state index is 10.3. The summed E-state index contributed by atoms with van der Waals surface area (Å²) in [7, 11) is 0. The van der Waals surface area contributed by atoms with E-state index in [4.69, 9.17) is 5.73 Å². The van der Waals surface area contributed by atoms with Crippen LogP contribution in [-0.4, -0.2) is 15.9 Å². The van der Waals surface area contributed by atoms with Crippen molar-refractivity contribution in [3.8, 4) is 0 Å². The quantitative estimate of drug-likeness (QED) is 0.707. The molecule has 1 rings (SSSR count). The fraction of sp³-hybridized carbons (Fsp3) is 0. The van der Waals surface area contributed by atoms with Gasteiger partial charge in [0.1, 0.15) is 6.33 Å². The van der Waals surface area contributed by atoms with Gasteiger partial charge in [-0.1, -0.05) is 0 Å². The molecule has 1 aromatic heterocycles. The Kier molecular flexibility index (Phi) is 6.83. The largest absolute Gasteiger partial charge is 0.366 e. The summed E-state index contributed by atoms with van der Waals surface area (Å²) < 4.78 is 0. The Morgan fingerprint density at radius 3 is 2.00 bits per heavy atom. The van der Waals surface area contributed by atoms with Gasteiger partial charge < -0.3 is 5.73 Å². The maximum absolute atomic E-state index is 10.3. The summed E-state index contributed by atoms with van der Waals surface area (Å²) in [5.41, 5.74) is 5.23. The fourth-order valence-electron chi connectivity index (χ4n) is 0.426. The molecule has 0 aliphatic heterocycles. The molecule has 0 atom stereocenters. The van der Waals surface area contributed by atoms with E-state index in [0.717, 1.165) is 0 Å². The molecule has 0 saturated carbocycles. The molecule has 0 radical (unpaired) electrons. The van der Waals surface area contributed by atoms with Crippen molar-refractivity contribution < 1.29 is 4.79 Å². The predicted octanol–water partition coefficient (Wildman–Crippen LogP) is 0.419. The lowest BCUT2D eigenvalue weighted by Gasteiger charge is -1.88. The van der Waals surface area contributed by atoms with Gasteiger partial charge in [0.05, 0.1) is 5.56 Å². The molecule has 62 valence electrons. The minimum Gasteiger partial charge on any atom is -0.366 e. The molecule has 0 aliphatic carbocycles. The summed E-state index contributed by atoms with van der Waals surface area (Å²) in [6.45, 7) is 0. The lowest BCUT2D eigenvalue weighted by Crippen LogP contribution is -2.11. The molecule has 2 N–H and O–H groups in total. The third kappa shape index (κ3) is 3.75. The number of hydrogen-bond donors (Lipinski definition) is 1. The molecule has 6 heteroatoms. The first-order valence-corrected chi connectivity index (χ1v) is 2.35. The lowest BCUT2D eigenvalue weighted by atomic mass is 10.3. The zero-order chi connectivity index (χ0) is 6.69. The van der Waals surface area contributed by atoms with E-state index in [1.54, 1.807) is 0 Å². The second-order valence-electron chi connectivity index (χ2n) is 1.49. The number of rotatable bonds is 1. The first-order valence-electron chi connectivity index (χ1n) is 2.35. The number of primary amides is 1. The van der Waals surface area contributed by atoms with Gasteiger partial charge in [0.15, 0.2) is 0 Å². The van der Waals surface area contributed by atoms with Crippen LogP contribution < -0.4 is 5.73 Å². The van der Waals surface area contributed by atoms with E-state index < -0.39 is 5.91 Å². The number of carbonyl (C=O) groups excluding carboxylic acids is 1. The van der Waals surface area contributed by atoms with Crippen LogP contribution in [0.5, 0.6) is 0 Å². The summed E-state index contributed by atoms with van der Waals surface area (Å²) >= 11 is 0. The minimum absolute atomic E-state index is 0. The van der Waals surface area contributed by atoms with Crippen LogP contribution in [-0.2, 0) is 0 Å². The number of amides is 1. The molecule has 1 aromatic rings. The van der Waals surface area contributed by atoms with Crippen LogP contribution in [0.3, 0.4) is 0 Å². The van der Waals surface area contributed by atoms with Gasteiger partial charge in [-0.2, -0.15) is 0 Å². The molecule has 1 heterocycles. The average molecular weight is 196 g/mol. The molecule has 0 aliphatic rings. The second-order valence-corrected chi connectivity index (χ2v) is 1.49. The normalized spacial score (nSPS) is 7.27. The molecule has 0 unspecified atom stereocenters. The molecule has 0 fully saturated rings. The molecule has 0 saturated heterocycles. The maximum Gasteiger partial charge on any atom is 0.251 e. The van der Waals surface area contributed by atoms with Crippen LogP contribution in [0.4, 0.5) is 0 Å². The Bertz CT molecular complexity index is 216. The molecular formula is C5H7Cl2N3O. The summed E-state index contributed by atoms with van der Waals surface area (Å²) in [5.74, 6) is -0.504. The topological polar surface area (TPSA) is 68.9 Å².